The fraction of sp³-hybridized carbons (Fsp3) is 0.571. The van der Waals surface area contributed by atoms with Crippen molar-refractivity contribution in [2.75, 3.05) is 12.8 Å². The summed E-state index contributed by atoms with van der Waals surface area (Å²) >= 11 is 1.73. The van der Waals surface area contributed by atoms with Gasteiger partial charge in [-0.15, -0.1) is 13.2 Å². The van der Waals surface area contributed by atoms with Crippen LogP contribution in [0.3, 0.4) is 0 Å². The van der Waals surface area contributed by atoms with Gasteiger partial charge in [0.15, 0.2) is 0 Å². The highest BCUT2D eigenvalue weighted by molar-refractivity contribution is 7.99. The van der Waals surface area contributed by atoms with Crippen LogP contribution in [0.15, 0.2) is 24.3 Å². The van der Waals surface area contributed by atoms with Crippen molar-refractivity contribution in [1.29, 1.82) is 0 Å². The Labute approximate surface area is 122 Å². The molecule has 114 valence electrons. The minimum Gasteiger partial charge on any atom is -0.405 e. The highest BCUT2D eigenvalue weighted by Gasteiger charge is 2.32. The molecule has 0 fully saturated rings. The van der Waals surface area contributed by atoms with Gasteiger partial charge < -0.3 is 10.1 Å². The molecule has 20 heavy (non-hydrogen) atoms. The summed E-state index contributed by atoms with van der Waals surface area (Å²) in [4.78, 5) is 0. The van der Waals surface area contributed by atoms with Crippen molar-refractivity contribution in [3.05, 3.63) is 29.8 Å². The molecule has 6 heteroatoms. The number of rotatable bonds is 7. The lowest BCUT2D eigenvalue weighted by Gasteiger charge is -2.21. The number of hydrogen-bond donors (Lipinski definition) is 1. The second kappa shape index (κ2) is 7.78. The molecule has 0 aliphatic rings. The molecule has 0 aliphatic heterocycles. The van der Waals surface area contributed by atoms with E-state index in [9.17, 15) is 13.2 Å². The molecule has 2 nitrogen and oxygen atoms in total. The van der Waals surface area contributed by atoms with Crippen LogP contribution in [0.5, 0.6) is 5.75 Å². The van der Waals surface area contributed by atoms with E-state index in [0.29, 0.717) is 16.6 Å². The van der Waals surface area contributed by atoms with Crippen molar-refractivity contribution in [3.63, 3.8) is 0 Å². The SMILES string of the molecule is CCC(C)SCC(NC)c1ccccc1OC(F)(F)F. The van der Waals surface area contributed by atoms with Crippen LogP contribution in [-0.4, -0.2) is 24.4 Å². The Morgan fingerprint density at radius 1 is 1.30 bits per heavy atom. The minimum atomic E-state index is -4.67. The molecule has 0 bridgehead atoms. The van der Waals surface area contributed by atoms with Gasteiger partial charge in [0.1, 0.15) is 5.75 Å². The smallest absolute Gasteiger partial charge is 0.405 e. The summed E-state index contributed by atoms with van der Waals surface area (Å²) in [6, 6.07) is 6.10. The maximum atomic E-state index is 12.4. The molecule has 1 rings (SSSR count). The molecule has 0 saturated carbocycles. The van der Waals surface area contributed by atoms with Crippen LogP contribution in [0, 0.1) is 0 Å². The van der Waals surface area contributed by atoms with Crippen molar-refractivity contribution in [2.45, 2.75) is 37.9 Å². The number of ether oxygens (including phenoxy) is 1. The van der Waals surface area contributed by atoms with E-state index in [0.717, 1.165) is 6.42 Å². The second-order valence-corrected chi connectivity index (χ2v) is 5.95. The summed E-state index contributed by atoms with van der Waals surface area (Å²) in [5.74, 6) is 0.563. The average molecular weight is 307 g/mol. The third kappa shape index (κ3) is 5.63. The number of benzene rings is 1. The second-order valence-electron chi connectivity index (χ2n) is 4.48. The molecule has 1 aromatic rings. The van der Waals surface area contributed by atoms with Crippen molar-refractivity contribution in [1.82, 2.24) is 5.32 Å². The summed E-state index contributed by atoms with van der Waals surface area (Å²) < 4.78 is 41.3. The van der Waals surface area contributed by atoms with E-state index in [1.165, 1.54) is 6.07 Å². The summed E-state index contributed by atoms with van der Waals surface area (Å²) in [6.07, 6.45) is -3.64. The van der Waals surface area contributed by atoms with Gasteiger partial charge in [-0.2, -0.15) is 11.8 Å². The average Bonchev–Trinajstić information content (AvgIpc) is 2.39. The van der Waals surface area contributed by atoms with Gasteiger partial charge >= 0.3 is 6.36 Å². The lowest BCUT2D eigenvalue weighted by atomic mass is 10.1. The fourth-order valence-electron chi connectivity index (χ4n) is 1.69. The molecule has 1 N–H and O–H groups in total. The van der Waals surface area contributed by atoms with Gasteiger partial charge in [0, 0.05) is 22.6 Å². The van der Waals surface area contributed by atoms with Crippen LogP contribution in [0.1, 0.15) is 31.9 Å². The highest BCUT2D eigenvalue weighted by atomic mass is 32.2. The van der Waals surface area contributed by atoms with Crippen LogP contribution in [0.25, 0.3) is 0 Å². The summed E-state index contributed by atoms with van der Waals surface area (Å²) in [5.41, 5.74) is 0.531. The fourth-order valence-corrected chi connectivity index (χ4v) is 2.80. The summed E-state index contributed by atoms with van der Waals surface area (Å²) in [5, 5.41) is 3.53. The topological polar surface area (TPSA) is 21.3 Å². The number of halogens is 3. The summed E-state index contributed by atoms with van der Waals surface area (Å²) in [6.45, 7) is 4.20. The first-order valence-electron chi connectivity index (χ1n) is 6.51. The standard InChI is InChI=1S/C14H20F3NOS/c1-4-10(2)20-9-12(18-3)11-7-5-6-8-13(11)19-14(15,16)17/h5-8,10,12,18H,4,9H2,1-3H3. The summed E-state index contributed by atoms with van der Waals surface area (Å²) in [7, 11) is 1.74. The van der Waals surface area contributed by atoms with E-state index in [2.05, 4.69) is 23.9 Å². The Bertz CT molecular complexity index is 412. The highest BCUT2D eigenvalue weighted by Crippen LogP contribution is 2.32. The Hall–Kier alpha value is -0.880. The van der Waals surface area contributed by atoms with Gasteiger partial charge in [-0.3, -0.25) is 0 Å². The predicted molar refractivity (Wildman–Crippen MR) is 77.1 cm³/mol. The number of para-hydroxylation sites is 1. The monoisotopic (exact) mass is 307 g/mol. The predicted octanol–water partition coefficient (Wildman–Crippen LogP) is 4.38. The zero-order valence-electron chi connectivity index (χ0n) is 11.8. The number of thioether (sulfide) groups is 1. The van der Waals surface area contributed by atoms with E-state index in [-0.39, 0.29) is 11.8 Å². The molecule has 0 saturated heterocycles. The molecular weight excluding hydrogens is 287 g/mol. The lowest BCUT2D eigenvalue weighted by molar-refractivity contribution is -0.275. The van der Waals surface area contributed by atoms with E-state index < -0.39 is 6.36 Å². The largest absolute Gasteiger partial charge is 0.573 e. The third-order valence-electron chi connectivity index (χ3n) is 2.99. The molecule has 2 atom stereocenters. The van der Waals surface area contributed by atoms with Gasteiger partial charge in [-0.05, 0) is 19.5 Å². The van der Waals surface area contributed by atoms with Crippen molar-refractivity contribution >= 4 is 11.8 Å². The molecule has 1 aromatic carbocycles. The van der Waals surface area contributed by atoms with Crippen molar-refractivity contribution in [2.24, 2.45) is 0 Å². The molecular formula is C14H20F3NOS. The van der Waals surface area contributed by atoms with E-state index in [4.69, 9.17) is 0 Å². The first-order chi connectivity index (χ1) is 9.37. The van der Waals surface area contributed by atoms with E-state index in [1.807, 2.05) is 0 Å². The Morgan fingerprint density at radius 2 is 1.95 bits per heavy atom. The normalized spacial score (nSPS) is 14.9. The molecule has 2 unspecified atom stereocenters. The zero-order valence-corrected chi connectivity index (χ0v) is 12.6. The molecule has 0 radical (unpaired) electrons. The molecule has 0 aliphatic carbocycles. The quantitative estimate of drug-likeness (QED) is 0.808. The minimum absolute atomic E-state index is 0.135. The van der Waals surface area contributed by atoms with E-state index in [1.54, 1.807) is 37.0 Å². The van der Waals surface area contributed by atoms with Crippen molar-refractivity contribution in [3.8, 4) is 5.75 Å². The molecule has 0 spiro atoms. The third-order valence-corrected chi connectivity index (χ3v) is 4.42. The maximum absolute atomic E-state index is 12.4. The van der Waals surface area contributed by atoms with Gasteiger partial charge in [0.05, 0.1) is 0 Å². The van der Waals surface area contributed by atoms with Crippen LogP contribution in [0.2, 0.25) is 0 Å². The van der Waals surface area contributed by atoms with Gasteiger partial charge in [-0.1, -0.05) is 32.0 Å². The lowest BCUT2D eigenvalue weighted by Crippen LogP contribution is -2.23. The van der Waals surface area contributed by atoms with Gasteiger partial charge in [0.2, 0.25) is 0 Å². The van der Waals surface area contributed by atoms with Crippen molar-refractivity contribution < 1.29 is 17.9 Å². The first kappa shape index (κ1) is 17.2. The molecule has 0 aromatic heterocycles. The number of alkyl halides is 3. The van der Waals surface area contributed by atoms with Crippen LogP contribution in [0.4, 0.5) is 13.2 Å². The van der Waals surface area contributed by atoms with Gasteiger partial charge in [0.25, 0.3) is 0 Å². The Kier molecular flexibility index (Phi) is 6.68. The maximum Gasteiger partial charge on any atom is 0.573 e. The molecule has 0 heterocycles. The van der Waals surface area contributed by atoms with Gasteiger partial charge in [-0.25, -0.2) is 0 Å². The molecule has 0 amide bonds. The zero-order chi connectivity index (χ0) is 15.2. The Balaban J connectivity index is 2.86. The number of nitrogens with one attached hydrogen (secondary N) is 1. The Morgan fingerprint density at radius 3 is 2.50 bits per heavy atom. The number of hydrogen-bond acceptors (Lipinski definition) is 3. The first-order valence-corrected chi connectivity index (χ1v) is 7.55. The van der Waals surface area contributed by atoms with Crippen LogP contribution >= 0.6 is 11.8 Å². The van der Waals surface area contributed by atoms with Crippen LogP contribution in [-0.2, 0) is 0 Å². The van der Waals surface area contributed by atoms with E-state index >= 15 is 0 Å². The van der Waals surface area contributed by atoms with Crippen LogP contribution < -0.4 is 10.1 Å².